The number of morpholine rings is 1. The van der Waals surface area contributed by atoms with Crippen LogP contribution in [0, 0.1) is 10.1 Å². The van der Waals surface area contributed by atoms with E-state index in [1.165, 1.54) is 14.7 Å². The third-order valence-electron chi connectivity index (χ3n) is 4.48. The second-order valence-electron chi connectivity index (χ2n) is 6.12. The molecule has 10 heteroatoms. The Balaban J connectivity index is 1.56. The van der Waals surface area contributed by atoms with Gasteiger partial charge in [0.15, 0.2) is 0 Å². The maximum Gasteiger partial charge on any atom is 0.282 e. The van der Waals surface area contributed by atoms with Gasteiger partial charge in [0.1, 0.15) is 0 Å². The van der Waals surface area contributed by atoms with Crippen LogP contribution in [0.5, 0.6) is 0 Å². The van der Waals surface area contributed by atoms with Crippen molar-refractivity contribution in [2.75, 3.05) is 52.5 Å². The van der Waals surface area contributed by atoms with Crippen LogP contribution < -0.4 is 0 Å². The Labute approximate surface area is 147 Å². The van der Waals surface area contributed by atoms with Gasteiger partial charge < -0.3 is 4.74 Å². The van der Waals surface area contributed by atoms with Gasteiger partial charge in [-0.25, -0.2) is 0 Å². The van der Waals surface area contributed by atoms with Gasteiger partial charge in [0.25, 0.3) is 15.9 Å². The minimum Gasteiger partial charge on any atom is -0.379 e. The number of nitro benzene ring substituents is 1. The highest BCUT2D eigenvalue weighted by Gasteiger charge is 2.33. The topological polar surface area (TPSA) is 96.2 Å². The van der Waals surface area contributed by atoms with Gasteiger partial charge in [0, 0.05) is 57.9 Å². The molecule has 138 valence electrons. The van der Waals surface area contributed by atoms with Gasteiger partial charge in [-0.3, -0.25) is 15.0 Å². The lowest BCUT2D eigenvalue weighted by Crippen LogP contribution is -2.54. The minimum atomic E-state index is -3.43. The Morgan fingerprint density at radius 3 is 2.32 bits per heavy atom. The molecule has 0 saturated carbocycles. The van der Waals surface area contributed by atoms with E-state index in [-0.39, 0.29) is 5.69 Å². The van der Waals surface area contributed by atoms with Gasteiger partial charge in [-0.2, -0.15) is 17.0 Å². The molecule has 0 bridgehead atoms. The molecule has 2 aliphatic rings. The van der Waals surface area contributed by atoms with Crippen LogP contribution in [0.3, 0.4) is 0 Å². The Morgan fingerprint density at radius 1 is 1.04 bits per heavy atom. The van der Waals surface area contributed by atoms with Crippen LogP contribution in [0.4, 0.5) is 5.69 Å². The molecule has 3 rings (SSSR count). The van der Waals surface area contributed by atoms with E-state index in [0.717, 1.165) is 5.56 Å². The summed E-state index contributed by atoms with van der Waals surface area (Å²) < 4.78 is 33.5. The SMILES string of the molecule is O=[N+]([O-])c1cccc(CN2CCN(S(=O)(=O)N3CCOCC3)CC2)c1. The van der Waals surface area contributed by atoms with Crippen LogP contribution in [-0.4, -0.2) is 79.3 Å². The van der Waals surface area contributed by atoms with Gasteiger partial charge >= 0.3 is 0 Å². The number of nitro groups is 1. The zero-order valence-corrected chi connectivity index (χ0v) is 14.7. The standard InChI is InChI=1S/C15H22N4O5S/c20-19(21)15-3-1-2-14(12-15)13-16-4-6-17(7-5-16)25(22,23)18-8-10-24-11-9-18/h1-3,12H,4-11,13H2. The van der Waals surface area contributed by atoms with Crippen LogP contribution in [0.25, 0.3) is 0 Å². The summed E-state index contributed by atoms with van der Waals surface area (Å²) in [4.78, 5) is 12.6. The second-order valence-corrected chi connectivity index (χ2v) is 8.05. The zero-order chi connectivity index (χ0) is 17.9. The smallest absolute Gasteiger partial charge is 0.282 e. The average molecular weight is 370 g/mol. The molecule has 9 nitrogen and oxygen atoms in total. The molecule has 2 fully saturated rings. The highest BCUT2D eigenvalue weighted by atomic mass is 32.2. The lowest BCUT2D eigenvalue weighted by molar-refractivity contribution is -0.384. The number of ether oxygens (including phenoxy) is 1. The number of hydrogen-bond donors (Lipinski definition) is 0. The highest BCUT2D eigenvalue weighted by Crippen LogP contribution is 2.18. The first-order valence-electron chi connectivity index (χ1n) is 8.25. The fraction of sp³-hybridized carbons (Fsp3) is 0.600. The first kappa shape index (κ1) is 18.2. The van der Waals surface area contributed by atoms with E-state index in [2.05, 4.69) is 4.90 Å². The monoisotopic (exact) mass is 370 g/mol. The summed E-state index contributed by atoms with van der Waals surface area (Å²) in [6.07, 6.45) is 0. The van der Waals surface area contributed by atoms with Gasteiger partial charge in [-0.1, -0.05) is 12.1 Å². The summed E-state index contributed by atoms with van der Waals surface area (Å²) in [6, 6.07) is 6.56. The molecular formula is C15H22N4O5S. The van der Waals surface area contributed by atoms with Gasteiger partial charge in [0.2, 0.25) is 0 Å². The number of nitrogens with zero attached hydrogens (tertiary/aromatic N) is 4. The molecule has 2 aliphatic heterocycles. The second kappa shape index (κ2) is 7.75. The normalized spacial score (nSPS) is 21.3. The van der Waals surface area contributed by atoms with Crippen LogP contribution in [-0.2, 0) is 21.5 Å². The molecule has 0 aromatic heterocycles. The molecule has 0 unspecified atom stereocenters. The minimum absolute atomic E-state index is 0.0750. The summed E-state index contributed by atoms with van der Waals surface area (Å²) in [6.45, 7) is 4.30. The molecule has 1 aromatic rings. The fourth-order valence-electron chi connectivity index (χ4n) is 3.09. The van der Waals surface area contributed by atoms with E-state index in [4.69, 9.17) is 4.74 Å². The predicted molar refractivity (Wildman–Crippen MR) is 91.3 cm³/mol. The molecule has 0 radical (unpaired) electrons. The van der Waals surface area contributed by atoms with Crippen molar-refractivity contribution in [2.24, 2.45) is 0 Å². The van der Waals surface area contributed by atoms with Crippen molar-refractivity contribution in [1.29, 1.82) is 0 Å². The molecule has 1 aromatic carbocycles. The van der Waals surface area contributed by atoms with Gasteiger partial charge in [0.05, 0.1) is 18.1 Å². The largest absolute Gasteiger partial charge is 0.379 e. The van der Waals surface area contributed by atoms with Gasteiger partial charge in [-0.05, 0) is 5.56 Å². The van der Waals surface area contributed by atoms with Crippen LogP contribution in [0.2, 0.25) is 0 Å². The fourth-order valence-corrected chi connectivity index (χ4v) is 4.65. The van der Waals surface area contributed by atoms with Crippen molar-refractivity contribution in [3.8, 4) is 0 Å². The van der Waals surface area contributed by atoms with Crippen LogP contribution >= 0.6 is 0 Å². The maximum atomic E-state index is 12.6. The lowest BCUT2D eigenvalue weighted by atomic mass is 10.2. The Hall–Kier alpha value is -1.59. The first-order valence-corrected chi connectivity index (χ1v) is 9.65. The summed E-state index contributed by atoms with van der Waals surface area (Å²) in [7, 11) is -3.43. The summed E-state index contributed by atoms with van der Waals surface area (Å²) in [5.74, 6) is 0. The first-order chi connectivity index (χ1) is 12.0. The molecular weight excluding hydrogens is 348 g/mol. The molecule has 0 N–H and O–H groups in total. The van der Waals surface area contributed by atoms with E-state index in [9.17, 15) is 18.5 Å². The Bertz CT molecular complexity index is 712. The van der Waals surface area contributed by atoms with Crippen molar-refractivity contribution in [3.05, 3.63) is 39.9 Å². The summed E-state index contributed by atoms with van der Waals surface area (Å²) in [5.41, 5.74) is 0.935. The third-order valence-corrected chi connectivity index (χ3v) is 6.52. The molecule has 0 aliphatic carbocycles. The molecule has 25 heavy (non-hydrogen) atoms. The van der Waals surface area contributed by atoms with Crippen molar-refractivity contribution >= 4 is 15.9 Å². The lowest BCUT2D eigenvalue weighted by Gasteiger charge is -2.37. The van der Waals surface area contributed by atoms with E-state index in [1.807, 2.05) is 6.07 Å². The van der Waals surface area contributed by atoms with Crippen molar-refractivity contribution < 1.29 is 18.1 Å². The van der Waals surface area contributed by atoms with Crippen molar-refractivity contribution in [3.63, 3.8) is 0 Å². The molecule has 0 atom stereocenters. The van der Waals surface area contributed by atoms with Crippen molar-refractivity contribution in [1.82, 2.24) is 13.5 Å². The van der Waals surface area contributed by atoms with E-state index < -0.39 is 15.1 Å². The number of non-ortho nitro benzene ring substituents is 1. The average Bonchev–Trinajstić information content (AvgIpc) is 2.63. The number of piperazine rings is 1. The quantitative estimate of drug-likeness (QED) is 0.546. The Morgan fingerprint density at radius 2 is 1.68 bits per heavy atom. The van der Waals surface area contributed by atoms with Gasteiger partial charge in [-0.15, -0.1) is 0 Å². The van der Waals surface area contributed by atoms with Crippen molar-refractivity contribution in [2.45, 2.75) is 6.54 Å². The molecule has 0 spiro atoms. The predicted octanol–water partition coefficient (Wildman–Crippen LogP) is 0.289. The Kier molecular flexibility index (Phi) is 5.64. The molecule has 2 heterocycles. The summed E-state index contributed by atoms with van der Waals surface area (Å²) in [5, 5.41) is 10.9. The van der Waals surface area contributed by atoms with Crippen LogP contribution in [0.1, 0.15) is 5.56 Å². The zero-order valence-electron chi connectivity index (χ0n) is 13.9. The number of hydrogen-bond acceptors (Lipinski definition) is 6. The number of benzene rings is 1. The molecule has 0 amide bonds. The molecule has 2 saturated heterocycles. The van der Waals surface area contributed by atoms with E-state index >= 15 is 0 Å². The summed E-state index contributed by atoms with van der Waals surface area (Å²) >= 11 is 0. The highest BCUT2D eigenvalue weighted by molar-refractivity contribution is 7.86. The maximum absolute atomic E-state index is 12.6. The van der Waals surface area contributed by atoms with E-state index in [0.29, 0.717) is 59.0 Å². The number of rotatable bonds is 5. The van der Waals surface area contributed by atoms with E-state index in [1.54, 1.807) is 12.1 Å². The van der Waals surface area contributed by atoms with Crippen LogP contribution in [0.15, 0.2) is 24.3 Å². The third kappa shape index (κ3) is 4.33.